The van der Waals surface area contributed by atoms with Crippen molar-refractivity contribution in [1.29, 1.82) is 0 Å². The van der Waals surface area contributed by atoms with E-state index in [4.69, 9.17) is 4.74 Å². The molecule has 0 aromatic heterocycles. The van der Waals surface area contributed by atoms with Gasteiger partial charge in [-0.1, -0.05) is 30.3 Å². The number of amides is 2. The van der Waals surface area contributed by atoms with E-state index >= 15 is 0 Å². The maximum absolute atomic E-state index is 12.4. The molecule has 1 aromatic rings. The van der Waals surface area contributed by atoms with Crippen molar-refractivity contribution in [3.05, 3.63) is 35.9 Å². The Kier molecular flexibility index (Phi) is 7.49. The quantitative estimate of drug-likeness (QED) is 0.725. The molecule has 1 unspecified atom stereocenters. The van der Waals surface area contributed by atoms with Gasteiger partial charge in [0.2, 0.25) is 5.91 Å². The third-order valence-electron chi connectivity index (χ3n) is 5.95. The average molecular weight is 401 g/mol. The smallest absolute Gasteiger partial charge is 0.410 e. The number of ether oxygens (including phenoxy) is 1. The zero-order valence-corrected chi connectivity index (χ0v) is 16.8. The molecule has 3 rings (SSSR count). The normalized spacial score (nSPS) is 20.3. The van der Waals surface area contributed by atoms with E-state index in [1.807, 2.05) is 30.3 Å². The molecule has 0 N–H and O–H groups in total. The third kappa shape index (κ3) is 6.21. The fourth-order valence-corrected chi connectivity index (χ4v) is 4.10. The van der Waals surface area contributed by atoms with E-state index in [9.17, 15) is 19.5 Å². The van der Waals surface area contributed by atoms with Gasteiger partial charge < -0.3 is 24.4 Å². The van der Waals surface area contributed by atoms with Gasteiger partial charge in [-0.15, -0.1) is 0 Å². The van der Waals surface area contributed by atoms with Gasteiger partial charge in [0.25, 0.3) is 0 Å². The van der Waals surface area contributed by atoms with E-state index in [0.29, 0.717) is 44.8 Å². The highest BCUT2D eigenvalue weighted by Gasteiger charge is 2.27. The zero-order chi connectivity index (χ0) is 20.6. The van der Waals surface area contributed by atoms with Crippen molar-refractivity contribution in [3.8, 4) is 0 Å². The van der Waals surface area contributed by atoms with Gasteiger partial charge in [0.05, 0.1) is 0 Å². The fourth-order valence-electron chi connectivity index (χ4n) is 4.10. The van der Waals surface area contributed by atoms with Crippen molar-refractivity contribution >= 4 is 18.0 Å². The predicted molar refractivity (Wildman–Crippen MR) is 104 cm³/mol. The van der Waals surface area contributed by atoms with Crippen molar-refractivity contribution < 1.29 is 24.2 Å². The second kappa shape index (κ2) is 10.3. The number of nitrogens with zero attached hydrogens (tertiary/aromatic N) is 2. The Bertz CT molecular complexity index is 700. The third-order valence-corrected chi connectivity index (χ3v) is 5.95. The fraction of sp³-hybridized carbons (Fsp3) is 0.591. The molecule has 7 nitrogen and oxygen atoms in total. The number of benzene rings is 1. The van der Waals surface area contributed by atoms with Crippen LogP contribution in [0.3, 0.4) is 0 Å². The van der Waals surface area contributed by atoms with E-state index in [0.717, 1.165) is 24.8 Å². The molecule has 2 aliphatic rings. The first-order chi connectivity index (χ1) is 14.0. The summed E-state index contributed by atoms with van der Waals surface area (Å²) < 4.78 is 5.38. The first kappa shape index (κ1) is 21.1. The number of hydrogen-bond acceptors (Lipinski definition) is 5. The summed E-state index contributed by atoms with van der Waals surface area (Å²) in [6, 6.07) is 9.60. The van der Waals surface area contributed by atoms with Crippen LogP contribution in [0.4, 0.5) is 4.79 Å². The molecule has 0 aliphatic carbocycles. The maximum Gasteiger partial charge on any atom is 0.410 e. The van der Waals surface area contributed by atoms with Crippen LogP contribution in [0.5, 0.6) is 0 Å². The van der Waals surface area contributed by atoms with E-state index in [2.05, 4.69) is 0 Å². The largest absolute Gasteiger partial charge is 0.550 e. The van der Waals surface area contributed by atoms with Gasteiger partial charge in [-0.3, -0.25) is 4.79 Å². The molecular weight excluding hydrogens is 372 g/mol. The van der Waals surface area contributed by atoms with E-state index in [-0.39, 0.29) is 25.2 Å². The van der Waals surface area contributed by atoms with Crippen molar-refractivity contribution in [2.24, 2.45) is 11.8 Å². The minimum absolute atomic E-state index is 0.0284. The number of rotatable bonds is 6. The van der Waals surface area contributed by atoms with Crippen LogP contribution in [0.15, 0.2) is 30.3 Å². The molecule has 7 heteroatoms. The van der Waals surface area contributed by atoms with Crippen LogP contribution in [0.25, 0.3) is 0 Å². The molecule has 2 saturated heterocycles. The van der Waals surface area contributed by atoms with E-state index < -0.39 is 11.9 Å². The summed E-state index contributed by atoms with van der Waals surface area (Å²) in [4.78, 5) is 39.1. The van der Waals surface area contributed by atoms with Crippen LogP contribution in [-0.4, -0.2) is 53.9 Å². The lowest BCUT2D eigenvalue weighted by atomic mass is 9.91. The van der Waals surface area contributed by atoms with Crippen LogP contribution < -0.4 is 5.11 Å². The Morgan fingerprint density at radius 1 is 1.00 bits per heavy atom. The highest BCUT2D eigenvalue weighted by Crippen LogP contribution is 2.24. The lowest BCUT2D eigenvalue weighted by Gasteiger charge is -2.34. The highest BCUT2D eigenvalue weighted by atomic mass is 16.6. The molecule has 0 spiro atoms. The van der Waals surface area contributed by atoms with E-state index in [1.54, 1.807) is 9.80 Å². The second-order valence-corrected chi connectivity index (χ2v) is 8.01. The van der Waals surface area contributed by atoms with Crippen LogP contribution in [-0.2, 0) is 20.9 Å². The lowest BCUT2D eigenvalue weighted by Crippen LogP contribution is -2.46. The summed E-state index contributed by atoms with van der Waals surface area (Å²) in [5.74, 6) is -1.17. The Balaban J connectivity index is 1.34. The van der Waals surface area contributed by atoms with Crippen molar-refractivity contribution in [1.82, 2.24) is 9.80 Å². The Labute approximate surface area is 171 Å². The zero-order valence-electron chi connectivity index (χ0n) is 16.8. The van der Waals surface area contributed by atoms with Crippen LogP contribution in [0.1, 0.15) is 44.1 Å². The van der Waals surface area contributed by atoms with Gasteiger partial charge in [0.1, 0.15) is 6.61 Å². The van der Waals surface area contributed by atoms with E-state index in [1.165, 1.54) is 0 Å². The molecule has 29 heavy (non-hydrogen) atoms. The number of likely N-dealkylation sites (tertiary alicyclic amines) is 2. The summed E-state index contributed by atoms with van der Waals surface area (Å²) >= 11 is 0. The monoisotopic (exact) mass is 401 g/mol. The lowest BCUT2D eigenvalue weighted by molar-refractivity contribution is -0.312. The molecule has 1 atom stereocenters. The average Bonchev–Trinajstić information content (AvgIpc) is 2.77. The Morgan fingerprint density at radius 2 is 1.72 bits per heavy atom. The number of carbonyl (C=O) groups excluding carboxylic acids is 3. The van der Waals surface area contributed by atoms with Crippen molar-refractivity contribution in [2.45, 2.75) is 45.1 Å². The molecule has 0 radical (unpaired) electrons. The molecule has 2 aliphatic heterocycles. The summed E-state index contributed by atoms with van der Waals surface area (Å²) in [5, 5.41) is 11.0. The van der Waals surface area contributed by atoms with Crippen molar-refractivity contribution in [2.75, 3.05) is 26.2 Å². The van der Waals surface area contributed by atoms with Crippen molar-refractivity contribution in [3.63, 3.8) is 0 Å². The number of hydrogen-bond donors (Lipinski definition) is 0. The van der Waals surface area contributed by atoms with Crippen LogP contribution in [0.2, 0.25) is 0 Å². The maximum atomic E-state index is 12.4. The molecular formula is C22H29N2O5-. The topological polar surface area (TPSA) is 90.0 Å². The summed E-state index contributed by atoms with van der Waals surface area (Å²) in [5.41, 5.74) is 0.966. The molecule has 2 heterocycles. The van der Waals surface area contributed by atoms with Gasteiger partial charge in [-0.25, -0.2) is 4.79 Å². The van der Waals surface area contributed by atoms with Crippen LogP contribution >= 0.6 is 0 Å². The first-order valence-electron chi connectivity index (χ1n) is 10.5. The second-order valence-electron chi connectivity index (χ2n) is 8.01. The summed E-state index contributed by atoms with van der Waals surface area (Å²) in [6.07, 6.45) is 3.94. The van der Waals surface area contributed by atoms with Gasteiger partial charge in [0.15, 0.2) is 0 Å². The molecule has 2 amide bonds. The number of carbonyl (C=O) groups is 3. The van der Waals surface area contributed by atoms with Crippen LogP contribution in [0, 0.1) is 11.8 Å². The van der Waals surface area contributed by atoms with Gasteiger partial charge in [-0.05, 0) is 43.6 Å². The highest BCUT2D eigenvalue weighted by molar-refractivity contribution is 5.77. The molecule has 1 aromatic carbocycles. The molecule has 0 saturated carbocycles. The minimum atomic E-state index is -1.06. The predicted octanol–water partition coefficient (Wildman–Crippen LogP) is 1.80. The Morgan fingerprint density at radius 3 is 2.41 bits per heavy atom. The van der Waals surface area contributed by atoms with Gasteiger partial charge in [0, 0.05) is 44.5 Å². The SMILES string of the molecule is O=C([O-])C1CCCN(C(=O)CCC2CCN(C(=O)OCc3ccccc3)CC2)C1. The molecule has 158 valence electrons. The Hall–Kier alpha value is -2.57. The summed E-state index contributed by atoms with van der Waals surface area (Å²) in [7, 11) is 0. The molecule has 0 bridgehead atoms. The number of carboxylic acids is 1. The summed E-state index contributed by atoms with van der Waals surface area (Å²) in [6.45, 7) is 2.46. The molecule has 2 fully saturated rings. The van der Waals surface area contributed by atoms with Gasteiger partial charge in [-0.2, -0.15) is 0 Å². The standard InChI is InChI=1S/C22H30N2O5/c25-20(24-12-4-7-19(15-24)21(26)27)9-8-17-10-13-23(14-11-17)22(28)29-16-18-5-2-1-3-6-18/h1-3,5-6,17,19H,4,7-16H2,(H,26,27)/p-1. The first-order valence-corrected chi connectivity index (χ1v) is 10.5. The number of carboxylic acid groups (broad SMARTS) is 1. The number of aliphatic carboxylic acids is 1. The minimum Gasteiger partial charge on any atom is -0.550 e. The number of piperidine rings is 2. The van der Waals surface area contributed by atoms with Gasteiger partial charge >= 0.3 is 6.09 Å².